The van der Waals surface area contributed by atoms with Gasteiger partial charge in [0.1, 0.15) is 0 Å². The van der Waals surface area contributed by atoms with E-state index in [0.717, 1.165) is 12.1 Å². The van der Waals surface area contributed by atoms with Crippen LogP contribution < -0.4 is 11.3 Å². The molecule has 0 saturated heterocycles. The molecular weight excluding hydrogens is 327 g/mol. The molecule has 3 N–H and O–H groups in total. The number of halogens is 1. The van der Waals surface area contributed by atoms with Crippen LogP contribution in [-0.2, 0) is 13.5 Å². The average Bonchev–Trinajstić information content (AvgIpc) is 2.73. The Hall–Kier alpha value is -0.920. The third-order valence-electron chi connectivity index (χ3n) is 2.66. The number of benzene rings is 1. The quantitative estimate of drug-likeness (QED) is 0.506. The van der Waals surface area contributed by atoms with E-state index in [9.17, 15) is 0 Å². The second-order valence-corrected chi connectivity index (χ2v) is 5.20. The molecule has 1 unspecified atom stereocenters. The Morgan fingerprint density at radius 2 is 2.06 bits per heavy atom. The molecule has 0 amide bonds. The van der Waals surface area contributed by atoms with Crippen molar-refractivity contribution in [2.75, 3.05) is 0 Å². The fourth-order valence-electron chi connectivity index (χ4n) is 1.75. The first-order chi connectivity index (χ1) is 8.19. The van der Waals surface area contributed by atoms with Crippen molar-refractivity contribution in [3.63, 3.8) is 0 Å². The number of aryl methyl sites for hydroxylation is 1. The summed E-state index contributed by atoms with van der Waals surface area (Å²) < 4.78 is 3.02. The third-order valence-corrected chi connectivity index (χ3v) is 3.37. The topological polar surface area (TPSA) is 55.9 Å². The molecule has 90 valence electrons. The van der Waals surface area contributed by atoms with Gasteiger partial charge in [-0.25, -0.2) is 0 Å². The molecule has 0 radical (unpaired) electrons. The smallest absolute Gasteiger partial charge is 0.0643 e. The van der Waals surface area contributed by atoms with Gasteiger partial charge in [0.05, 0.1) is 11.7 Å². The molecule has 17 heavy (non-hydrogen) atoms. The zero-order valence-electron chi connectivity index (χ0n) is 9.60. The standard InChI is InChI=1S/C12H15IN4/c1-17-7-6-11(16-17)8-12(15-14)9-2-4-10(13)5-3-9/h2-7,12,15H,8,14H2,1H3. The van der Waals surface area contributed by atoms with E-state index in [-0.39, 0.29) is 6.04 Å². The van der Waals surface area contributed by atoms with Gasteiger partial charge in [0.2, 0.25) is 0 Å². The highest BCUT2D eigenvalue weighted by Crippen LogP contribution is 2.18. The van der Waals surface area contributed by atoms with Crippen LogP contribution in [0.25, 0.3) is 0 Å². The number of hydrogen-bond acceptors (Lipinski definition) is 3. The van der Waals surface area contributed by atoms with Gasteiger partial charge in [-0.1, -0.05) is 12.1 Å². The summed E-state index contributed by atoms with van der Waals surface area (Å²) in [4.78, 5) is 0. The Labute approximate surface area is 114 Å². The Bertz CT molecular complexity index is 478. The van der Waals surface area contributed by atoms with Gasteiger partial charge in [0.25, 0.3) is 0 Å². The fourth-order valence-corrected chi connectivity index (χ4v) is 2.11. The van der Waals surface area contributed by atoms with Gasteiger partial charge < -0.3 is 0 Å². The maximum Gasteiger partial charge on any atom is 0.0643 e. The normalized spacial score (nSPS) is 12.6. The summed E-state index contributed by atoms with van der Waals surface area (Å²) in [5.74, 6) is 5.61. The van der Waals surface area contributed by atoms with Gasteiger partial charge in [-0.05, 0) is 46.4 Å². The minimum absolute atomic E-state index is 0.0990. The SMILES string of the molecule is Cn1ccc(CC(NN)c2ccc(I)cc2)n1. The van der Waals surface area contributed by atoms with Crippen molar-refractivity contribution < 1.29 is 0 Å². The molecule has 1 aromatic carbocycles. The highest BCUT2D eigenvalue weighted by Gasteiger charge is 2.11. The lowest BCUT2D eigenvalue weighted by Crippen LogP contribution is -2.29. The van der Waals surface area contributed by atoms with Crippen molar-refractivity contribution in [3.05, 3.63) is 51.4 Å². The molecule has 2 aromatic rings. The number of rotatable bonds is 4. The predicted octanol–water partition coefficient (Wildman–Crippen LogP) is 1.77. The van der Waals surface area contributed by atoms with Gasteiger partial charge in [-0.15, -0.1) is 0 Å². The lowest BCUT2D eigenvalue weighted by atomic mass is 10.0. The van der Waals surface area contributed by atoms with E-state index in [1.54, 1.807) is 4.68 Å². The van der Waals surface area contributed by atoms with Crippen LogP contribution in [-0.4, -0.2) is 9.78 Å². The van der Waals surface area contributed by atoms with Gasteiger partial charge in [0.15, 0.2) is 0 Å². The fraction of sp³-hybridized carbons (Fsp3) is 0.250. The van der Waals surface area contributed by atoms with Crippen LogP contribution in [0.15, 0.2) is 36.5 Å². The van der Waals surface area contributed by atoms with Crippen LogP contribution in [0.5, 0.6) is 0 Å². The van der Waals surface area contributed by atoms with Crippen molar-refractivity contribution in [2.24, 2.45) is 12.9 Å². The van der Waals surface area contributed by atoms with Crippen LogP contribution in [0.2, 0.25) is 0 Å². The van der Waals surface area contributed by atoms with Crippen molar-refractivity contribution >= 4 is 22.6 Å². The molecule has 1 heterocycles. The first-order valence-electron chi connectivity index (χ1n) is 5.39. The first kappa shape index (κ1) is 12.5. The highest BCUT2D eigenvalue weighted by atomic mass is 127. The summed E-state index contributed by atoms with van der Waals surface area (Å²) in [7, 11) is 1.92. The van der Waals surface area contributed by atoms with Crippen LogP contribution in [0.4, 0.5) is 0 Å². The van der Waals surface area contributed by atoms with Crippen LogP contribution in [0.1, 0.15) is 17.3 Å². The Kier molecular flexibility index (Phi) is 4.14. The van der Waals surface area contributed by atoms with E-state index in [4.69, 9.17) is 5.84 Å². The number of hydrazine groups is 1. The van der Waals surface area contributed by atoms with E-state index in [1.807, 2.05) is 19.3 Å². The zero-order chi connectivity index (χ0) is 12.3. The Balaban J connectivity index is 2.13. The first-order valence-corrected chi connectivity index (χ1v) is 6.47. The summed E-state index contributed by atoms with van der Waals surface area (Å²) in [6.45, 7) is 0. The third kappa shape index (κ3) is 3.27. The number of aromatic nitrogens is 2. The maximum atomic E-state index is 5.61. The summed E-state index contributed by atoms with van der Waals surface area (Å²) >= 11 is 2.29. The van der Waals surface area contributed by atoms with Gasteiger partial charge >= 0.3 is 0 Å². The Morgan fingerprint density at radius 3 is 2.59 bits per heavy atom. The number of nitrogens with zero attached hydrogens (tertiary/aromatic N) is 2. The minimum atomic E-state index is 0.0990. The number of nitrogens with two attached hydrogens (primary N) is 1. The molecule has 0 bridgehead atoms. The summed E-state index contributed by atoms with van der Waals surface area (Å²) in [6.07, 6.45) is 2.73. The van der Waals surface area contributed by atoms with Crippen LogP contribution in [0.3, 0.4) is 0 Å². The van der Waals surface area contributed by atoms with Crippen molar-refractivity contribution in [1.82, 2.24) is 15.2 Å². The summed E-state index contributed by atoms with van der Waals surface area (Å²) in [6, 6.07) is 10.5. The molecular formula is C12H15IN4. The highest BCUT2D eigenvalue weighted by molar-refractivity contribution is 14.1. The van der Waals surface area contributed by atoms with E-state index in [1.165, 1.54) is 9.13 Å². The lowest BCUT2D eigenvalue weighted by Gasteiger charge is -2.15. The lowest BCUT2D eigenvalue weighted by molar-refractivity contribution is 0.541. The zero-order valence-corrected chi connectivity index (χ0v) is 11.8. The number of nitrogens with one attached hydrogen (secondary N) is 1. The van der Waals surface area contributed by atoms with E-state index >= 15 is 0 Å². The molecule has 0 saturated carbocycles. The molecule has 0 spiro atoms. The maximum absolute atomic E-state index is 5.61. The second kappa shape index (κ2) is 5.61. The number of hydrogen-bond donors (Lipinski definition) is 2. The molecule has 0 fully saturated rings. The largest absolute Gasteiger partial charge is 0.276 e. The molecule has 2 rings (SSSR count). The molecule has 0 aliphatic carbocycles. The average molecular weight is 342 g/mol. The molecule has 0 aliphatic heterocycles. The molecule has 0 aliphatic rings. The monoisotopic (exact) mass is 342 g/mol. The summed E-state index contributed by atoms with van der Waals surface area (Å²) in [5, 5.41) is 4.36. The van der Waals surface area contributed by atoms with E-state index in [2.05, 4.69) is 57.4 Å². The van der Waals surface area contributed by atoms with Crippen molar-refractivity contribution in [1.29, 1.82) is 0 Å². The van der Waals surface area contributed by atoms with E-state index in [0.29, 0.717) is 0 Å². The second-order valence-electron chi connectivity index (χ2n) is 3.96. The molecule has 1 atom stereocenters. The Morgan fingerprint density at radius 1 is 1.35 bits per heavy atom. The molecule has 1 aromatic heterocycles. The van der Waals surface area contributed by atoms with E-state index < -0.39 is 0 Å². The minimum Gasteiger partial charge on any atom is -0.276 e. The van der Waals surface area contributed by atoms with Crippen LogP contribution >= 0.6 is 22.6 Å². The van der Waals surface area contributed by atoms with Crippen molar-refractivity contribution in [2.45, 2.75) is 12.5 Å². The van der Waals surface area contributed by atoms with Gasteiger partial charge in [0, 0.05) is 23.2 Å². The molecule has 4 nitrogen and oxygen atoms in total. The molecule has 5 heteroatoms. The predicted molar refractivity (Wildman–Crippen MR) is 76.1 cm³/mol. The van der Waals surface area contributed by atoms with Gasteiger partial charge in [-0.2, -0.15) is 5.10 Å². The van der Waals surface area contributed by atoms with Crippen LogP contribution in [0, 0.1) is 3.57 Å². The summed E-state index contributed by atoms with van der Waals surface area (Å²) in [5.41, 5.74) is 5.06. The van der Waals surface area contributed by atoms with Gasteiger partial charge in [-0.3, -0.25) is 16.0 Å². The van der Waals surface area contributed by atoms with Crippen molar-refractivity contribution in [3.8, 4) is 0 Å².